The predicted molar refractivity (Wildman–Crippen MR) is 217 cm³/mol. The molecule has 4 aromatic heterocycles. The maximum Gasteiger partial charge on any atom is 0.145 e. The third-order valence-corrected chi connectivity index (χ3v) is 9.93. The quantitative estimate of drug-likeness (QED) is 0.164. The first kappa shape index (κ1) is 30.6. The Morgan fingerprint density at radius 2 is 0.981 bits per heavy atom. The van der Waals surface area contributed by atoms with Crippen LogP contribution >= 0.6 is 0 Å². The van der Waals surface area contributed by atoms with E-state index in [1.807, 2.05) is 30.3 Å². The van der Waals surface area contributed by atoms with Crippen LogP contribution in [-0.4, -0.2) is 24.5 Å². The van der Waals surface area contributed by atoms with Crippen LogP contribution in [-0.2, 0) is 0 Å². The van der Waals surface area contributed by atoms with Crippen LogP contribution < -0.4 is 0 Å². The molecule has 0 amide bonds. The number of para-hydroxylation sites is 2. The molecular weight excluding hydrogens is 647 g/mol. The molecule has 0 aliphatic heterocycles. The summed E-state index contributed by atoms with van der Waals surface area (Å²) in [4.78, 5) is 19.8. The minimum Gasteiger partial charge on any atom is -0.292 e. The summed E-state index contributed by atoms with van der Waals surface area (Å²) in [5, 5.41) is 3.30. The number of hydrogen-bond donors (Lipinski definition) is 0. The number of aromatic nitrogens is 5. The lowest BCUT2D eigenvalue weighted by atomic mass is 9.96. The Bertz CT molecular complexity index is 2900. The lowest BCUT2D eigenvalue weighted by molar-refractivity contribution is 1.10. The zero-order valence-corrected chi connectivity index (χ0v) is 28.6. The van der Waals surface area contributed by atoms with Crippen LogP contribution in [0.5, 0.6) is 0 Å². The van der Waals surface area contributed by atoms with Crippen molar-refractivity contribution in [3.8, 4) is 62.0 Å². The Hall–Kier alpha value is -7.24. The van der Waals surface area contributed by atoms with Crippen LogP contribution in [0, 0.1) is 0 Å². The van der Waals surface area contributed by atoms with Crippen LogP contribution in [0.25, 0.3) is 94.7 Å². The molecule has 0 unspecified atom stereocenters. The molecule has 0 radical (unpaired) electrons. The largest absolute Gasteiger partial charge is 0.292 e. The third kappa shape index (κ3) is 5.43. The first-order chi connectivity index (χ1) is 26.3. The minimum absolute atomic E-state index is 0.900. The summed E-state index contributed by atoms with van der Waals surface area (Å²) in [7, 11) is 0. The molecular formula is C48H31N5. The Balaban J connectivity index is 1.09. The van der Waals surface area contributed by atoms with Gasteiger partial charge in [0.25, 0.3) is 0 Å². The van der Waals surface area contributed by atoms with Gasteiger partial charge < -0.3 is 0 Å². The molecule has 53 heavy (non-hydrogen) atoms. The van der Waals surface area contributed by atoms with Gasteiger partial charge in [-0.3, -0.25) is 9.55 Å². The molecule has 0 N–H and O–H groups in total. The van der Waals surface area contributed by atoms with Crippen molar-refractivity contribution in [2.45, 2.75) is 0 Å². The first-order valence-electron chi connectivity index (χ1n) is 17.7. The molecule has 248 valence electrons. The molecule has 0 saturated heterocycles. The van der Waals surface area contributed by atoms with Crippen molar-refractivity contribution in [2.24, 2.45) is 0 Å². The predicted octanol–water partition coefficient (Wildman–Crippen LogP) is 11.9. The fraction of sp³-hybridized carbons (Fsp3) is 0. The summed E-state index contributed by atoms with van der Waals surface area (Å²) in [5.41, 5.74) is 13.3. The van der Waals surface area contributed by atoms with Crippen LogP contribution in [0.1, 0.15) is 0 Å². The van der Waals surface area contributed by atoms with Crippen molar-refractivity contribution >= 4 is 32.7 Å². The van der Waals surface area contributed by atoms with Gasteiger partial charge in [0.1, 0.15) is 5.82 Å². The van der Waals surface area contributed by atoms with Gasteiger partial charge in [0.05, 0.1) is 33.6 Å². The highest BCUT2D eigenvalue weighted by atomic mass is 15.1. The lowest BCUT2D eigenvalue weighted by Gasteiger charge is -2.13. The van der Waals surface area contributed by atoms with E-state index in [1.54, 1.807) is 12.4 Å². The number of nitrogens with zero attached hydrogens (tertiary/aromatic N) is 5. The summed E-state index contributed by atoms with van der Waals surface area (Å²) in [6.45, 7) is 0. The highest BCUT2D eigenvalue weighted by molar-refractivity contribution is 6.20. The highest BCUT2D eigenvalue weighted by Gasteiger charge is 2.20. The Labute approximate surface area is 306 Å². The Morgan fingerprint density at radius 3 is 1.70 bits per heavy atom. The average molecular weight is 678 g/mol. The number of rotatable bonds is 6. The highest BCUT2D eigenvalue weighted by Crippen LogP contribution is 2.40. The molecule has 5 nitrogen and oxygen atoms in total. The monoisotopic (exact) mass is 677 g/mol. The SMILES string of the molecule is c1ccc(-c2nc3c4c(-c5ccc(-c6ccc(-c7cccc(-c8ccncc8)n7)cc6)cc5)nc5ccccc5c4ccc3n2-c2ccccc2)cc1. The molecule has 0 aliphatic carbocycles. The number of pyridine rings is 3. The van der Waals surface area contributed by atoms with Crippen molar-refractivity contribution in [2.75, 3.05) is 0 Å². The van der Waals surface area contributed by atoms with E-state index in [0.717, 1.165) is 94.7 Å². The molecule has 0 atom stereocenters. The van der Waals surface area contributed by atoms with E-state index in [2.05, 4.69) is 155 Å². The van der Waals surface area contributed by atoms with Crippen molar-refractivity contribution in [3.05, 3.63) is 188 Å². The summed E-state index contributed by atoms with van der Waals surface area (Å²) in [6, 6.07) is 61.2. The van der Waals surface area contributed by atoms with Gasteiger partial charge in [0, 0.05) is 51.1 Å². The zero-order chi connectivity index (χ0) is 35.1. The maximum atomic E-state index is 5.42. The van der Waals surface area contributed by atoms with Gasteiger partial charge in [-0.05, 0) is 65.0 Å². The molecule has 6 aromatic carbocycles. The van der Waals surface area contributed by atoms with Crippen LogP contribution in [0.15, 0.2) is 188 Å². The number of benzene rings is 6. The number of imidazole rings is 1. The van der Waals surface area contributed by atoms with Gasteiger partial charge in [0.2, 0.25) is 0 Å². The van der Waals surface area contributed by atoms with Crippen molar-refractivity contribution in [1.29, 1.82) is 0 Å². The van der Waals surface area contributed by atoms with E-state index >= 15 is 0 Å². The van der Waals surface area contributed by atoms with Gasteiger partial charge in [0.15, 0.2) is 0 Å². The van der Waals surface area contributed by atoms with Crippen LogP contribution in [0.3, 0.4) is 0 Å². The van der Waals surface area contributed by atoms with Crippen LogP contribution in [0.2, 0.25) is 0 Å². The second-order valence-corrected chi connectivity index (χ2v) is 13.1. The van der Waals surface area contributed by atoms with Gasteiger partial charge in [-0.1, -0.05) is 127 Å². The van der Waals surface area contributed by atoms with E-state index in [0.29, 0.717) is 0 Å². The van der Waals surface area contributed by atoms with Gasteiger partial charge in [-0.2, -0.15) is 0 Å². The second-order valence-electron chi connectivity index (χ2n) is 13.1. The molecule has 0 fully saturated rings. The topological polar surface area (TPSA) is 56.5 Å². The van der Waals surface area contributed by atoms with Crippen molar-refractivity contribution < 1.29 is 0 Å². The molecule has 10 rings (SSSR count). The third-order valence-electron chi connectivity index (χ3n) is 9.93. The van der Waals surface area contributed by atoms with E-state index in [9.17, 15) is 0 Å². The fourth-order valence-corrected chi connectivity index (χ4v) is 7.34. The maximum absolute atomic E-state index is 5.42. The number of hydrogen-bond acceptors (Lipinski definition) is 4. The lowest BCUT2D eigenvalue weighted by Crippen LogP contribution is -1.97. The normalized spacial score (nSPS) is 11.4. The molecule has 0 aliphatic rings. The minimum atomic E-state index is 0.900. The summed E-state index contributed by atoms with van der Waals surface area (Å²) >= 11 is 0. The fourth-order valence-electron chi connectivity index (χ4n) is 7.34. The van der Waals surface area contributed by atoms with Gasteiger partial charge in [-0.25, -0.2) is 15.0 Å². The summed E-state index contributed by atoms with van der Waals surface area (Å²) < 4.78 is 2.26. The average Bonchev–Trinajstić information content (AvgIpc) is 3.65. The molecule has 4 heterocycles. The zero-order valence-electron chi connectivity index (χ0n) is 28.6. The molecule has 0 bridgehead atoms. The van der Waals surface area contributed by atoms with E-state index in [4.69, 9.17) is 15.0 Å². The number of fused-ring (bicyclic) bond motifs is 5. The molecule has 0 spiro atoms. The molecule has 5 heteroatoms. The standard InChI is InChI=1S/C48H31N5/c1-3-10-37(11-4-1)48-52-47-44(53(48)38-12-5-2-6-13-38)27-26-40-39-14-7-8-15-43(39)51-46(45(40)47)36-24-20-33(21-25-36)32-18-22-34(23-19-32)41-16-9-17-42(50-41)35-28-30-49-31-29-35/h1-31H. The Kier molecular flexibility index (Phi) is 7.40. The summed E-state index contributed by atoms with van der Waals surface area (Å²) in [5.74, 6) is 0.900. The van der Waals surface area contributed by atoms with Crippen molar-refractivity contribution in [1.82, 2.24) is 24.5 Å². The van der Waals surface area contributed by atoms with E-state index < -0.39 is 0 Å². The second kappa shape index (κ2) is 12.8. The molecule has 0 saturated carbocycles. The first-order valence-corrected chi connectivity index (χ1v) is 17.7. The van der Waals surface area contributed by atoms with E-state index in [-0.39, 0.29) is 0 Å². The Morgan fingerprint density at radius 1 is 0.377 bits per heavy atom. The van der Waals surface area contributed by atoms with Crippen molar-refractivity contribution in [3.63, 3.8) is 0 Å². The van der Waals surface area contributed by atoms with Crippen LogP contribution in [0.4, 0.5) is 0 Å². The summed E-state index contributed by atoms with van der Waals surface area (Å²) in [6.07, 6.45) is 3.59. The smallest absolute Gasteiger partial charge is 0.145 e. The molecule has 10 aromatic rings. The van der Waals surface area contributed by atoms with E-state index in [1.165, 1.54) is 0 Å². The van der Waals surface area contributed by atoms with Gasteiger partial charge >= 0.3 is 0 Å². The van der Waals surface area contributed by atoms with Gasteiger partial charge in [-0.15, -0.1) is 0 Å².